The summed E-state index contributed by atoms with van der Waals surface area (Å²) in [7, 11) is 1.83. The number of benzene rings is 1. The second-order valence-corrected chi connectivity index (χ2v) is 6.31. The fourth-order valence-electron chi connectivity index (χ4n) is 3.27. The third-order valence-electron chi connectivity index (χ3n) is 4.64. The molecule has 1 aliphatic heterocycles. The lowest BCUT2D eigenvalue weighted by Gasteiger charge is -2.26. The van der Waals surface area contributed by atoms with Crippen LogP contribution >= 0.6 is 0 Å². The summed E-state index contributed by atoms with van der Waals surface area (Å²) in [5, 5.41) is 5.87. The average molecular weight is 329 g/mol. The molecule has 5 nitrogen and oxygen atoms in total. The second-order valence-electron chi connectivity index (χ2n) is 6.31. The average Bonchev–Trinajstić information content (AvgIpc) is 2.87. The van der Waals surface area contributed by atoms with E-state index in [0.29, 0.717) is 13.0 Å². The van der Waals surface area contributed by atoms with Crippen LogP contribution in [-0.2, 0) is 4.79 Å². The number of hydrogen-bond acceptors (Lipinski definition) is 2. The van der Waals surface area contributed by atoms with Gasteiger partial charge >= 0.3 is 6.03 Å². The molecule has 1 aliphatic rings. The molecule has 2 rings (SSSR count). The largest absolute Gasteiger partial charge is 0.338 e. The van der Waals surface area contributed by atoms with Gasteiger partial charge in [0.2, 0.25) is 5.91 Å². The number of hydrogen-bond donors (Lipinski definition) is 2. The van der Waals surface area contributed by atoms with Gasteiger partial charge in [-0.15, -0.1) is 6.58 Å². The molecule has 1 fully saturated rings. The van der Waals surface area contributed by atoms with E-state index in [0.717, 1.165) is 18.4 Å². The topological polar surface area (TPSA) is 61.4 Å². The van der Waals surface area contributed by atoms with Gasteiger partial charge < -0.3 is 15.5 Å². The van der Waals surface area contributed by atoms with Gasteiger partial charge in [0.05, 0.1) is 6.04 Å². The molecule has 3 amide bonds. The van der Waals surface area contributed by atoms with Crippen molar-refractivity contribution in [2.75, 3.05) is 13.6 Å². The predicted molar refractivity (Wildman–Crippen MR) is 95.5 cm³/mol. The van der Waals surface area contributed by atoms with E-state index >= 15 is 0 Å². The molecular formula is C19H27N3O2. The van der Waals surface area contributed by atoms with Gasteiger partial charge in [-0.1, -0.05) is 43.3 Å². The SMILES string of the molecule is C=CCC(CC)NC(=O)NC[C@@H]1CC(=O)N(C)[C@H]1c1ccccc1. The van der Waals surface area contributed by atoms with Crippen molar-refractivity contribution in [3.63, 3.8) is 0 Å². The molecule has 1 aromatic carbocycles. The highest BCUT2D eigenvalue weighted by atomic mass is 16.2. The Hall–Kier alpha value is -2.30. The quantitative estimate of drug-likeness (QED) is 0.756. The Kier molecular flexibility index (Phi) is 6.41. The molecule has 1 unspecified atom stereocenters. The molecule has 1 aromatic rings. The van der Waals surface area contributed by atoms with Crippen molar-refractivity contribution >= 4 is 11.9 Å². The molecule has 0 radical (unpaired) electrons. The number of carbonyl (C=O) groups excluding carboxylic acids is 2. The lowest BCUT2D eigenvalue weighted by molar-refractivity contribution is -0.127. The smallest absolute Gasteiger partial charge is 0.315 e. The van der Waals surface area contributed by atoms with Gasteiger partial charge in [0, 0.05) is 32.0 Å². The molecule has 24 heavy (non-hydrogen) atoms. The highest BCUT2D eigenvalue weighted by molar-refractivity contribution is 5.80. The summed E-state index contributed by atoms with van der Waals surface area (Å²) in [6, 6.07) is 9.90. The molecule has 2 N–H and O–H groups in total. The van der Waals surface area contributed by atoms with Crippen molar-refractivity contribution < 1.29 is 9.59 Å². The molecule has 1 heterocycles. The summed E-state index contributed by atoms with van der Waals surface area (Å²) < 4.78 is 0. The number of nitrogens with one attached hydrogen (secondary N) is 2. The van der Waals surface area contributed by atoms with E-state index in [4.69, 9.17) is 0 Å². The first-order valence-corrected chi connectivity index (χ1v) is 8.52. The van der Waals surface area contributed by atoms with Gasteiger partial charge in [-0.25, -0.2) is 4.79 Å². The molecule has 1 saturated heterocycles. The zero-order chi connectivity index (χ0) is 17.5. The fourth-order valence-corrected chi connectivity index (χ4v) is 3.27. The number of nitrogens with zero attached hydrogens (tertiary/aromatic N) is 1. The Morgan fingerprint density at radius 2 is 2.12 bits per heavy atom. The van der Waals surface area contributed by atoms with Crippen LogP contribution in [0.25, 0.3) is 0 Å². The van der Waals surface area contributed by atoms with Crippen LogP contribution in [0.4, 0.5) is 4.79 Å². The highest BCUT2D eigenvalue weighted by Crippen LogP contribution is 2.36. The third-order valence-corrected chi connectivity index (χ3v) is 4.64. The molecule has 5 heteroatoms. The summed E-state index contributed by atoms with van der Waals surface area (Å²) in [5.74, 6) is 0.198. The Bertz CT molecular complexity index is 573. The van der Waals surface area contributed by atoms with Gasteiger partial charge in [0.15, 0.2) is 0 Å². The van der Waals surface area contributed by atoms with Crippen LogP contribution in [0.5, 0.6) is 0 Å². The summed E-state index contributed by atoms with van der Waals surface area (Å²) >= 11 is 0. The van der Waals surface area contributed by atoms with Crippen LogP contribution in [0.2, 0.25) is 0 Å². The summed E-state index contributed by atoms with van der Waals surface area (Å²) in [6.07, 6.45) is 3.88. The molecular weight excluding hydrogens is 302 g/mol. The van der Waals surface area contributed by atoms with Crippen molar-refractivity contribution in [1.29, 1.82) is 0 Å². The number of urea groups is 1. The van der Waals surface area contributed by atoms with Crippen molar-refractivity contribution in [1.82, 2.24) is 15.5 Å². The molecule has 0 bridgehead atoms. The van der Waals surface area contributed by atoms with E-state index in [9.17, 15) is 9.59 Å². The van der Waals surface area contributed by atoms with Crippen LogP contribution in [0, 0.1) is 5.92 Å². The van der Waals surface area contributed by atoms with E-state index in [1.165, 1.54) is 0 Å². The normalized spacial score (nSPS) is 21.4. The molecule has 0 saturated carbocycles. The maximum atomic E-state index is 12.1. The van der Waals surface area contributed by atoms with Crippen LogP contribution < -0.4 is 10.6 Å². The van der Waals surface area contributed by atoms with Crippen molar-refractivity contribution in [2.24, 2.45) is 5.92 Å². The van der Waals surface area contributed by atoms with Crippen LogP contribution in [0.3, 0.4) is 0 Å². The maximum Gasteiger partial charge on any atom is 0.315 e. The first-order chi connectivity index (χ1) is 11.6. The first-order valence-electron chi connectivity index (χ1n) is 8.52. The monoisotopic (exact) mass is 329 g/mol. The van der Waals surface area contributed by atoms with Crippen LogP contribution in [-0.4, -0.2) is 36.5 Å². The van der Waals surface area contributed by atoms with E-state index in [1.807, 2.05) is 50.4 Å². The van der Waals surface area contributed by atoms with E-state index in [-0.39, 0.29) is 29.9 Å². The zero-order valence-corrected chi connectivity index (χ0v) is 14.5. The van der Waals surface area contributed by atoms with Gasteiger partial charge in [-0.2, -0.15) is 0 Å². The van der Waals surface area contributed by atoms with Crippen molar-refractivity contribution in [3.05, 3.63) is 48.6 Å². The van der Waals surface area contributed by atoms with Gasteiger partial charge in [-0.05, 0) is 18.4 Å². The van der Waals surface area contributed by atoms with Crippen molar-refractivity contribution in [2.45, 2.75) is 38.3 Å². The Labute approximate surface area is 144 Å². The molecule has 0 aliphatic carbocycles. The number of rotatable bonds is 7. The minimum atomic E-state index is -0.183. The Balaban J connectivity index is 1.96. The summed E-state index contributed by atoms with van der Waals surface area (Å²) in [6.45, 7) is 6.22. The predicted octanol–water partition coefficient (Wildman–Crippen LogP) is 2.86. The third kappa shape index (κ3) is 4.37. The highest BCUT2D eigenvalue weighted by Gasteiger charge is 2.38. The Morgan fingerprint density at radius 3 is 2.75 bits per heavy atom. The summed E-state index contributed by atoms with van der Waals surface area (Å²) in [4.78, 5) is 26.0. The second kappa shape index (κ2) is 8.52. The first kappa shape index (κ1) is 18.0. The Morgan fingerprint density at radius 1 is 1.42 bits per heavy atom. The lowest BCUT2D eigenvalue weighted by atomic mass is 9.94. The fraction of sp³-hybridized carbons (Fsp3) is 0.474. The molecule has 0 spiro atoms. The molecule has 0 aromatic heterocycles. The number of amides is 3. The molecule has 130 valence electrons. The maximum absolute atomic E-state index is 12.1. The minimum absolute atomic E-state index is 0.00847. The van der Waals surface area contributed by atoms with Gasteiger partial charge in [0.25, 0.3) is 0 Å². The van der Waals surface area contributed by atoms with E-state index in [1.54, 1.807) is 4.90 Å². The van der Waals surface area contributed by atoms with Crippen LogP contribution in [0.1, 0.15) is 37.8 Å². The van der Waals surface area contributed by atoms with Gasteiger partial charge in [-0.3, -0.25) is 4.79 Å². The van der Waals surface area contributed by atoms with Gasteiger partial charge in [0.1, 0.15) is 0 Å². The van der Waals surface area contributed by atoms with Crippen LogP contribution in [0.15, 0.2) is 43.0 Å². The lowest BCUT2D eigenvalue weighted by Crippen LogP contribution is -2.43. The van der Waals surface area contributed by atoms with E-state index in [2.05, 4.69) is 17.2 Å². The van der Waals surface area contributed by atoms with Crippen molar-refractivity contribution in [3.8, 4) is 0 Å². The summed E-state index contributed by atoms with van der Waals surface area (Å²) in [5.41, 5.74) is 1.11. The number of likely N-dealkylation sites (tertiary alicyclic amines) is 1. The number of carbonyl (C=O) groups is 2. The van der Waals surface area contributed by atoms with E-state index < -0.39 is 0 Å². The minimum Gasteiger partial charge on any atom is -0.338 e. The standard InChI is InChI=1S/C19H27N3O2/c1-4-9-16(5-2)21-19(24)20-13-15-12-17(23)22(3)18(15)14-10-7-6-8-11-14/h4,6-8,10-11,15-16,18H,1,5,9,12-13H2,2-3H3,(H2,20,21,24)/t15-,16?,18-/m0/s1. The molecule has 3 atom stereocenters. The zero-order valence-electron chi connectivity index (χ0n) is 14.5.